The third-order valence-electron chi connectivity index (χ3n) is 3.24. The molecule has 0 aromatic carbocycles. The van der Waals surface area contributed by atoms with Gasteiger partial charge in [0.2, 0.25) is 5.95 Å². The molecule has 1 aliphatic rings. The predicted octanol–water partition coefficient (Wildman–Crippen LogP) is 1.81. The molecule has 0 bridgehead atoms. The molecule has 0 saturated heterocycles. The van der Waals surface area contributed by atoms with Gasteiger partial charge in [0.05, 0.1) is 5.56 Å². The molecule has 0 fully saturated rings. The predicted molar refractivity (Wildman–Crippen MR) is 66.9 cm³/mol. The molecular weight excluding hydrogens is 245 g/mol. The smallest absolute Gasteiger partial charge is 0.258 e. The molecule has 5 heteroatoms. The summed E-state index contributed by atoms with van der Waals surface area (Å²) in [6, 6.07) is 6.82. The largest absolute Gasteiger partial charge is 0.334 e. The molecule has 0 unspecified atom stereocenters. The van der Waals surface area contributed by atoms with Crippen molar-refractivity contribution in [2.24, 2.45) is 0 Å². The van der Waals surface area contributed by atoms with E-state index in [1.165, 1.54) is 12.3 Å². The van der Waals surface area contributed by atoms with Crippen LogP contribution < -0.4 is 0 Å². The summed E-state index contributed by atoms with van der Waals surface area (Å²) < 4.78 is 13.5. The second-order valence-electron chi connectivity index (χ2n) is 4.43. The summed E-state index contributed by atoms with van der Waals surface area (Å²) in [5, 5.41) is 0. The third kappa shape index (κ3) is 2.19. The molecule has 3 heterocycles. The Kier molecular flexibility index (Phi) is 2.95. The molecule has 1 amide bonds. The first kappa shape index (κ1) is 11.8. The van der Waals surface area contributed by atoms with Crippen LogP contribution in [0.1, 0.15) is 21.6 Å². The van der Waals surface area contributed by atoms with Gasteiger partial charge in [-0.25, -0.2) is 4.98 Å². The van der Waals surface area contributed by atoms with Crippen LogP contribution in [-0.2, 0) is 13.0 Å². The van der Waals surface area contributed by atoms with Crippen molar-refractivity contribution in [2.75, 3.05) is 6.54 Å². The molecule has 0 aliphatic carbocycles. The fourth-order valence-corrected chi connectivity index (χ4v) is 2.26. The van der Waals surface area contributed by atoms with E-state index in [9.17, 15) is 9.18 Å². The molecule has 0 N–H and O–H groups in total. The highest BCUT2D eigenvalue weighted by Gasteiger charge is 2.24. The number of pyridine rings is 2. The fraction of sp³-hybridized carbons (Fsp3) is 0.214. The quantitative estimate of drug-likeness (QED) is 0.732. The van der Waals surface area contributed by atoms with Crippen molar-refractivity contribution in [3.05, 3.63) is 59.4 Å². The maximum Gasteiger partial charge on any atom is 0.258 e. The van der Waals surface area contributed by atoms with E-state index in [1.54, 1.807) is 17.2 Å². The maximum absolute atomic E-state index is 13.5. The van der Waals surface area contributed by atoms with Crippen LogP contribution in [-0.4, -0.2) is 27.3 Å². The lowest BCUT2D eigenvalue weighted by Crippen LogP contribution is -2.36. The molecule has 0 atom stereocenters. The molecule has 3 rings (SSSR count). The Balaban J connectivity index is 1.86. The molecule has 0 saturated carbocycles. The first-order valence-electron chi connectivity index (χ1n) is 6.08. The Labute approximate surface area is 109 Å². The van der Waals surface area contributed by atoms with Gasteiger partial charge < -0.3 is 4.90 Å². The number of hydrogen-bond donors (Lipinski definition) is 0. The summed E-state index contributed by atoms with van der Waals surface area (Å²) in [6.07, 6.45) is 3.78. The first-order valence-corrected chi connectivity index (χ1v) is 6.08. The molecule has 0 radical (unpaired) electrons. The number of carbonyl (C=O) groups excluding carboxylic acids is 1. The Hall–Kier alpha value is -2.30. The number of carbonyl (C=O) groups is 1. The minimum absolute atomic E-state index is 0.0230. The number of amides is 1. The van der Waals surface area contributed by atoms with Crippen LogP contribution in [0.2, 0.25) is 0 Å². The molecule has 2 aromatic rings. The third-order valence-corrected chi connectivity index (χ3v) is 3.24. The van der Waals surface area contributed by atoms with E-state index in [2.05, 4.69) is 9.97 Å². The highest BCUT2D eigenvalue weighted by molar-refractivity contribution is 5.94. The van der Waals surface area contributed by atoms with Crippen LogP contribution in [0, 0.1) is 5.95 Å². The summed E-state index contributed by atoms with van der Waals surface area (Å²) in [5.41, 5.74) is 2.06. The van der Waals surface area contributed by atoms with E-state index < -0.39 is 5.95 Å². The lowest BCUT2D eigenvalue weighted by atomic mass is 10.0. The van der Waals surface area contributed by atoms with Gasteiger partial charge in [0.1, 0.15) is 0 Å². The van der Waals surface area contributed by atoms with E-state index in [0.717, 1.165) is 11.3 Å². The molecule has 19 heavy (non-hydrogen) atoms. The van der Waals surface area contributed by atoms with Crippen molar-refractivity contribution in [3.63, 3.8) is 0 Å². The van der Waals surface area contributed by atoms with E-state index in [1.807, 2.05) is 12.1 Å². The van der Waals surface area contributed by atoms with Crippen molar-refractivity contribution in [3.8, 4) is 0 Å². The van der Waals surface area contributed by atoms with Crippen molar-refractivity contribution in [2.45, 2.75) is 13.0 Å². The number of fused-ring (bicyclic) bond motifs is 1. The van der Waals surface area contributed by atoms with Crippen LogP contribution in [0.15, 0.2) is 36.7 Å². The number of rotatable bonds is 1. The molecule has 1 aliphatic heterocycles. The molecule has 2 aromatic heterocycles. The van der Waals surface area contributed by atoms with Gasteiger partial charge in [-0.05, 0) is 23.8 Å². The molecule has 0 spiro atoms. The van der Waals surface area contributed by atoms with Gasteiger partial charge in [0.15, 0.2) is 0 Å². The SMILES string of the molecule is O=C(c1cccnc1F)N1CCc2ncccc2C1. The van der Waals surface area contributed by atoms with Crippen LogP contribution in [0.3, 0.4) is 0 Å². The Bertz CT molecular complexity index is 630. The fourth-order valence-electron chi connectivity index (χ4n) is 2.26. The monoisotopic (exact) mass is 257 g/mol. The summed E-state index contributed by atoms with van der Waals surface area (Å²) in [5.74, 6) is -1.04. The van der Waals surface area contributed by atoms with E-state index >= 15 is 0 Å². The standard InChI is InChI=1S/C14H12FN3O/c15-13-11(4-2-7-17-13)14(19)18-8-5-12-10(9-18)3-1-6-16-12/h1-4,6-7H,5,8-9H2. The van der Waals surface area contributed by atoms with Gasteiger partial charge in [0.25, 0.3) is 5.91 Å². The van der Waals surface area contributed by atoms with E-state index in [-0.39, 0.29) is 11.5 Å². The molecular formula is C14H12FN3O. The number of aromatic nitrogens is 2. The van der Waals surface area contributed by atoms with Crippen LogP contribution in [0.25, 0.3) is 0 Å². The number of halogens is 1. The van der Waals surface area contributed by atoms with Gasteiger partial charge in [-0.2, -0.15) is 4.39 Å². The van der Waals surface area contributed by atoms with Gasteiger partial charge in [-0.3, -0.25) is 9.78 Å². The zero-order valence-corrected chi connectivity index (χ0v) is 10.2. The van der Waals surface area contributed by atoms with Crippen molar-refractivity contribution < 1.29 is 9.18 Å². The van der Waals surface area contributed by atoms with Crippen molar-refractivity contribution in [1.82, 2.24) is 14.9 Å². The Morgan fingerprint density at radius 2 is 2.00 bits per heavy atom. The van der Waals surface area contributed by atoms with Crippen molar-refractivity contribution >= 4 is 5.91 Å². The summed E-state index contributed by atoms with van der Waals surface area (Å²) in [4.78, 5) is 21.7. The molecule has 4 nitrogen and oxygen atoms in total. The van der Waals surface area contributed by atoms with Gasteiger partial charge in [-0.15, -0.1) is 0 Å². The van der Waals surface area contributed by atoms with Crippen LogP contribution in [0.5, 0.6) is 0 Å². The first-order chi connectivity index (χ1) is 9.25. The molecule has 96 valence electrons. The maximum atomic E-state index is 13.5. The van der Waals surface area contributed by atoms with Gasteiger partial charge in [0, 0.05) is 37.6 Å². The highest BCUT2D eigenvalue weighted by atomic mass is 19.1. The lowest BCUT2D eigenvalue weighted by molar-refractivity contribution is 0.0727. The Morgan fingerprint density at radius 1 is 1.21 bits per heavy atom. The number of nitrogens with zero attached hydrogens (tertiary/aromatic N) is 3. The Morgan fingerprint density at radius 3 is 2.84 bits per heavy atom. The normalized spacial score (nSPS) is 14.1. The summed E-state index contributed by atoms with van der Waals surface area (Å²) in [6.45, 7) is 1.02. The lowest BCUT2D eigenvalue weighted by Gasteiger charge is -2.28. The van der Waals surface area contributed by atoms with Crippen LogP contribution >= 0.6 is 0 Å². The second kappa shape index (κ2) is 4.76. The highest BCUT2D eigenvalue weighted by Crippen LogP contribution is 2.19. The average Bonchev–Trinajstić information content (AvgIpc) is 2.46. The topological polar surface area (TPSA) is 46.1 Å². The summed E-state index contributed by atoms with van der Waals surface area (Å²) in [7, 11) is 0. The minimum Gasteiger partial charge on any atom is -0.334 e. The zero-order valence-electron chi connectivity index (χ0n) is 10.2. The van der Waals surface area contributed by atoms with Crippen molar-refractivity contribution in [1.29, 1.82) is 0 Å². The zero-order chi connectivity index (χ0) is 13.2. The average molecular weight is 257 g/mol. The van der Waals surface area contributed by atoms with Gasteiger partial charge >= 0.3 is 0 Å². The van der Waals surface area contributed by atoms with E-state index in [4.69, 9.17) is 0 Å². The van der Waals surface area contributed by atoms with Gasteiger partial charge in [-0.1, -0.05) is 6.07 Å². The minimum atomic E-state index is -0.718. The van der Waals surface area contributed by atoms with E-state index in [0.29, 0.717) is 19.5 Å². The second-order valence-corrected chi connectivity index (χ2v) is 4.43. The summed E-state index contributed by atoms with van der Waals surface area (Å²) >= 11 is 0. The number of hydrogen-bond acceptors (Lipinski definition) is 3. The van der Waals surface area contributed by atoms with Crippen LogP contribution in [0.4, 0.5) is 4.39 Å².